The first kappa shape index (κ1) is 18.3. The van der Waals surface area contributed by atoms with E-state index >= 15 is 0 Å². The van der Waals surface area contributed by atoms with Crippen LogP contribution in [0.2, 0.25) is 0 Å². The van der Waals surface area contributed by atoms with Crippen molar-refractivity contribution in [3.63, 3.8) is 0 Å². The highest BCUT2D eigenvalue weighted by molar-refractivity contribution is 5.36. The monoisotopic (exact) mass is 370 g/mol. The number of ether oxygens (including phenoxy) is 1. The molecule has 0 aromatic heterocycles. The summed E-state index contributed by atoms with van der Waals surface area (Å²) in [6.07, 6.45) is 18.9. The van der Waals surface area contributed by atoms with E-state index < -0.39 is 5.60 Å². The van der Waals surface area contributed by atoms with Gasteiger partial charge in [0.25, 0.3) is 0 Å². The molecule has 2 heteroatoms. The van der Waals surface area contributed by atoms with Gasteiger partial charge in [0.1, 0.15) is 0 Å². The molecule has 2 nitrogen and oxygen atoms in total. The maximum absolute atomic E-state index is 11.1. The molecule has 150 valence electrons. The number of rotatable bonds is 2. The molecule has 5 aliphatic rings. The van der Waals surface area contributed by atoms with E-state index in [0.717, 1.165) is 24.7 Å². The van der Waals surface area contributed by atoms with Crippen molar-refractivity contribution in [2.45, 2.75) is 103 Å². The van der Waals surface area contributed by atoms with Gasteiger partial charge in [-0.1, -0.05) is 19.9 Å². The zero-order valence-corrected chi connectivity index (χ0v) is 17.6. The average molecular weight is 371 g/mol. The number of allylic oxidation sites excluding steroid dienone is 4. The maximum atomic E-state index is 11.1. The van der Waals surface area contributed by atoms with Crippen LogP contribution in [0.1, 0.15) is 91.4 Å². The molecule has 0 bridgehead atoms. The van der Waals surface area contributed by atoms with E-state index in [1.54, 1.807) is 5.57 Å². The van der Waals surface area contributed by atoms with E-state index in [0.29, 0.717) is 17.4 Å². The van der Waals surface area contributed by atoms with Gasteiger partial charge in [0.05, 0.1) is 17.5 Å². The summed E-state index contributed by atoms with van der Waals surface area (Å²) in [5, 5.41) is 11.1. The quantitative estimate of drug-likeness (QED) is 0.631. The van der Waals surface area contributed by atoms with Crippen molar-refractivity contribution in [3.8, 4) is 0 Å². The molecule has 0 spiro atoms. The molecular weight excluding hydrogens is 332 g/mol. The Morgan fingerprint density at radius 3 is 2.48 bits per heavy atom. The number of hydrogen-bond donors (Lipinski definition) is 1. The molecule has 5 rings (SSSR count). The maximum Gasteiger partial charge on any atom is 0.0982 e. The predicted molar refractivity (Wildman–Crippen MR) is 109 cm³/mol. The summed E-state index contributed by atoms with van der Waals surface area (Å²) in [5.74, 6) is 3.50. The lowest BCUT2D eigenvalue weighted by atomic mass is 9.47. The molecule has 3 saturated carbocycles. The molecular formula is C25H38O2. The van der Waals surface area contributed by atoms with Gasteiger partial charge in [-0.15, -0.1) is 0 Å². The third-order valence-corrected chi connectivity index (χ3v) is 9.91. The van der Waals surface area contributed by atoms with Crippen LogP contribution in [-0.4, -0.2) is 16.8 Å². The summed E-state index contributed by atoms with van der Waals surface area (Å²) < 4.78 is 6.38. The molecule has 0 heterocycles. The Balaban J connectivity index is 1.40. The second kappa shape index (κ2) is 6.12. The first-order valence-electron chi connectivity index (χ1n) is 11.6. The Kier molecular flexibility index (Phi) is 4.14. The minimum atomic E-state index is -0.470. The fraction of sp³-hybridized carbons (Fsp3) is 0.840. The van der Waals surface area contributed by atoms with E-state index in [1.165, 1.54) is 63.5 Å². The molecule has 0 amide bonds. The molecule has 5 aliphatic carbocycles. The molecule has 0 aliphatic heterocycles. The standard InChI is InChI=1S/C25H38O2/c1-23-13-10-19(27-18-6-4-5-7-18)16-17(23)8-9-20-21(23)11-14-24(2)22(20)12-15-25(24,3)26/h8,16,18,20-22,26H,4-7,9-15H2,1-3H3/t20-,21+,22+,23+,24+,25+/m1/s1. The van der Waals surface area contributed by atoms with Crippen molar-refractivity contribution in [2.24, 2.45) is 28.6 Å². The van der Waals surface area contributed by atoms with Gasteiger partial charge in [-0.05, 0) is 111 Å². The Morgan fingerprint density at radius 2 is 1.70 bits per heavy atom. The summed E-state index contributed by atoms with van der Waals surface area (Å²) in [5.41, 5.74) is 1.54. The third kappa shape index (κ3) is 2.61. The molecule has 0 unspecified atom stereocenters. The van der Waals surface area contributed by atoms with E-state index in [4.69, 9.17) is 4.74 Å². The zero-order chi connectivity index (χ0) is 18.9. The minimum Gasteiger partial charge on any atom is -0.495 e. The Hall–Kier alpha value is -0.760. The molecule has 0 saturated heterocycles. The Labute approximate surface area is 165 Å². The molecule has 6 atom stereocenters. The Morgan fingerprint density at radius 1 is 0.963 bits per heavy atom. The van der Waals surface area contributed by atoms with Crippen molar-refractivity contribution < 1.29 is 9.84 Å². The number of aliphatic hydroxyl groups is 1. The van der Waals surface area contributed by atoms with Crippen molar-refractivity contribution in [2.75, 3.05) is 0 Å². The van der Waals surface area contributed by atoms with Crippen molar-refractivity contribution in [1.82, 2.24) is 0 Å². The zero-order valence-electron chi connectivity index (χ0n) is 17.6. The fourth-order valence-electron chi connectivity index (χ4n) is 7.86. The predicted octanol–water partition coefficient (Wildman–Crippen LogP) is 6.15. The van der Waals surface area contributed by atoms with E-state index in [9.17, 15) is 5.11 Å². The lowest BCUT2D eigenvalue weighted by Gasteiger charge is -2.57. The van der Waals surface area contributed by atoms with Gasteiger partial charge in [0.2, 0.25) is 0 Å². The van der Waals surface area contributed by atoms with Crippen LogP contribution < -0.4 is 0 Å². The van der Waals surface area contributed by atoms with Crippen molar-refractivity contribution >= 4 is 0 Å². The average Bonchev–Trinajstić information content (AvgIpc) is 3.21. The first-order valence-corrected chi connectivity index (χ1v) is 11.6. The summed E-state index contributed by atoms with van der Waals surface area (Å²) in [6, 6.07) is 0. The van der Waals surface area contributed by atoms with Crippen LogP contribution in [-0.2, 0) is 4.74 Å². The van der Waals surface area contributed by atoms with Crippen molar-refractivity contribution in [1.29, 1.82) is 0 Å². The van der Waals surface area contributed by atoms with Crippen LogP contribution >= 0.6 is 0 Å². The molecule has 1 N–H and O–H groups in total. The van der Waals surface area contributed by atoms with Gasteiger partial charge in [0.15, 0.2) is 0 Å². The minimum absolute atomic E-state index is 0.122. The first-order chi connectivity index (χ1) is 12.8. The highest BCUT2D eigenvalue weighted by Crippen LogP contribution is 2.66. The molecule has 0 aromatic carbocycles. The van der Waals surface area contributed by atoms with Gasteiger partial charge in [-0.25, -0.2) is 0 Å². The van der Waals surface area contributed by atoms with Crippen LogP contribution in [0.25, 0.3) is 0 Å². The van der Waals surface area contributed by atoms with Gasteiger partial charge < -0.3 is 9.84 Å². The van der Waals surface area contributed by atoms with Gasteiger partial charge >= 0.3 is 0 Å². The fourth-order valence-corrected chi connectivity index (χ4v) is 7.86. The van der Waals surface area contributed by atoms with Gasteiger partial charge in [-0.3, -0.25) is 0 Å². The summed E-state index contributed by atoms with van der Waals surface area (Å²) in [7, 11) is 0. The summed E-state index contributed by atoms with van der Waals surface area (Å²) in [4.78, 5) is 0. The van der Waals surface area contributed by atoms with E-state index in [2.05, 4.69) is 32.9 Å². The lowest BCUT2D eigenvalue weighted by Crippen LogP contribution is -2.53. The van der Waals surface area contributed by atoms with Gasteiger partial charge in [0, 0.05) is 6.42 Å². The molecule has 27 heavy (non-hydrogen) atoms. The largest absolute Gasteiger partial charge is 0.495 e. The lowest BCUT2D eigenvalue weighted by molar-refractivity contribution is -0.112. The molecule has 0 radical (unpaired) electrons. The molecule has 0 aromatic rings. The second-order valence-corrected chi connectivity index (χ2v) is 11.1. The Bertz CT molecular complexity index is 668. The number of hydrogen-bond acceptors (Lipinski definition) is 2. The smallest absolute Gasteiger partial charge is 0.0982 e. The summed E-state index contributed by atoms with van der Waals surface area (Å²) in [6.45, 7) is 7.03. The van der Waals surface area contributed by atoms with E-state index in [1.807, 2.05) is 0 Å². The topological polar surface area (TPSA) is 29.5 Å². The molecule has 3 fully saturated rings. The van der Waals surface area contributed by atoms with E-state index in [-0.39, 0.29) is 5.41 Å². The summed E-state index contributed by atoms with van der Waals surface area (Å²) >= 11 is 0. The van der Waals surface area contributed by atoms with Crippen LogP contribution in [0, 0.1) is 28.6 Å². The van der Waals surface area contributed by atoms with Crippen LogP contribution in [0.15, 0.2) is 23.5 Å². The van der Waals surface area contributed by atoms with Crippen LogP contribution in [0.3, 0.4) is 0 Å². The van der Waals surface area contributed by atoms with Crippen LogP contribution in [0.5, 0.6) is 0 Å². The number of fused-ring (bicyclic) bond motifs is 5. The normalized spacial score (nSPS) is 49.7. The third-order valence-electron chi connectivity index (χ3n) is 9.91. The highest BCUT2D eigenvalue weighted by atomic mass is 16.5. The van der Waals surface area contributed by atoms with Crippen LogP contribution in [0.4, 0.5) is 0 Å². The second-order valence-electron chi connectivity index (χ2n) is 11.1. The SMILES string of the molecule is C[C@]12CCC(OC3CCCC3)=CC1=CC[C@@H]1[C@@H]2CC[C@@]2(C)[C@H]1CC[C@]2(C)O. The highest BCUT2D eigenvalue weighted by Gasteiger charge is 2.61. The van der Waals surface area contributed by atoms with Gasteiger partial charge in [-0.2, -0.15) is 0 Å². The van der Waals surface area contributed by atoms with Crippen molar-refractivity contribution in [3.05, 3.63) is 23.5 Å².